The monoisotopic (exact) mass is 301 g/mol. The molecule has 1 aromatic heterocycles. The van der Waals surface area contributed by atoms with E-state index < -0.39 is 5.41 Å². The lowest BCUT2D eigenvalue weighted by molar-refractivity contribution is -0.122. The van der Waals surface area contributed by atoms with Gasteiger partial charge in [-0.3, -0.25) is 4.79 Å². The van der Waals surface area contributed by atoms with Gasteiger partial charge in [-0.1, -0.05) is 32.0 Å². The predicted molar refractivity (Wildman–Crippen MR) is 88.2 cm³/mol. The van der Waals surface area contributed by atoms with Crippen molar-refractivity contribution in [3.63, 3.8) is 0 Å². The highest BCUT2D eigenvalue weighted by atomic mass is 32.2. The molecule has 2 rings (SSSR count). The van der Waals surface area contributed by atoms with E-state index in [2.05, 4.69) is 10.3 Å². The average molecular weight is 301 g/mol. The summed E-state index contributed by atoms with van der Waals surface area (Å²) in [5.41, 5.74) is 5.89. The van der Waals surface area contributed by atoms with Crippen molar-refractivity contribution in [2.24, 2.45) is 5.41 Å². The van der Waals surface area contributed by atoms with E-state index in [1.807, 2.05) is 50.2 Å². The van der Waals surface area contributed by atoms with Crippen LogP contribution in [0, 0.1) is 5.41 Å². The van der Waals surface area contributed by atoms with E-state index >= 15 is 0 Å². The molecule has 21 heavy (non-hydrogen) atoms. The summed E-state index contributed by atoms with van der Waals surface area (Å²) >= 11 is 1.60. The van der Waals surface area contributed by atoms with E-state index in [0.717, 1.165) is 10.6 Å². The summed E-state index contributed by atoms with van der Waals surface area (Å²) in [6.45, 7) is 3.87. The number of benzene rings is 1. The smallest absolute Gasteiger partial charge is 0.230 e. The zero-order valence-corrected chi connectivity index (χ0v) is 13.0. The summed E-state index contributed by atoms with van der Waals surface area (Å²) in [6.07, 6.45) is 1.73. The Morgan fingerprint density at radius 1 is 1.24 bits per heavy atom. The second kappa shape index (κ2) is 6.63. The molecule has 110 valence electrons. The second-order valence-corrected chi connectivity index (χ2v) is 6.46. The van der Waals surface area contributed by atoms with Crippen molar-refractivity contribution < 1.29 is 4.79 Å². The number of hydrogen-bond donors (Lipinski definition) is 2. The zero-order chi connectivity index (χ0) is 15.3. The van der Waals surface area contributed by atoms with Crippen LogP contribution in [0.2, 0.25) is 0 Å². The number of nitrogens with zero attached hydrogens (tertiary/aromatic N) is 1. The summed E-state index contributed by atoms with van der Waals surface area (Å²) in [7, 11) is 0. The molecule has 0 aliphatic carbocycles. The Bertz CT molecular complexity index is 597. The number of hydrogen-bond acceptors (Lipinski definition) is 4. The van der Waals surface area contributed by atoms with Gasteiger partial charge in [0.2, 0.25) is 5.91 Å². The lowest BCUT2D eigenvalue weighted by Gasteiger charge is -2.23. The minimum atomic E-state index is -0.484. The molecule has 0 saturated heterocycles. The van der Waals surface area contributed by atoms with Crippen LogP contribution in [-0.2, 0) is 4.79 Å². The quantitative estimate of drug-likeness (QED) is 0.830. The van der Waals surface area contributed by atoms with Gasteiger partial charge in [0.25, 0.3) is 0 Å². The lowest BCUT2D eigenvalue weighted by Crippen LogP contribution is -2.32. The molecule has 1 heterocycles. The van der Waals surface area contributed by atoms with E-state index in [9.17, 15) is 4.79 Å². The number of rotatable bonds is 5. The molecule has 0 bridgehead atoms. The number of nitrogens with one attached hydrogen (secondary N) is 1. The van der Waals surface area contributed by atoms with Crippen molar-refractivity contribution >= 4 is 29.2 Å². The van der Waals surface area contributed by atoms with Crippen LogP contribution in [0.25, 0.3) is 0 Å². The van der Waals surface area contributed by atoms with Crippen LogP contribution in [-0.4, -0.2) is 16.6 Å². The van der Waals surface area contributed by atoms with E-state index in [1.54, 1.807) is 24.0 Å². The maximum Gasteiger partial charge on any atom is 0.230 e. The van der Waals surface area contributed by atoms with Crippen LogP contribution in [0.15, 0.2) is 53.6 Å². The molecule has 5 heteroatoms. The Morgan fingerprint density at radius 3 is 2.57 bits per heavy atom. The van der Waals surface area contributed by atoms with Crippen LogP contribution < -0.4 is 11.1 Å². The number of anilines is 2. The van der Waals surface area contributed by atoms with E-state index in [1.165, 1.54) is 0 Å². The number of para-hydroxylation sites is 1. The number of amides is 1. The average Bonchev–Trinajstić information content (AvgIpc) is 2.48. The van der Waals surface area contributed by atoms with E-state index in [0.29, 0.717) is 11.6 Å². The minimum Gasteiger partial charge on any atom is -0.384 e. The molecule has 0 spiro atoms. The molecule has 0 unspecified atom stereocenters. The summed E-state index contributed by atoms with van der Waals surface area (Å²) in [6, 6.07) is 13.2. The first-order valence-electron chi connectivity index (χ1n) is 6.68. The predicted octanol–water partition coefficient (Wildman–Crippen LogP) is 3.42. The van der Waals surface area contributed by atoms with Gasteiger partial charge in [0.05, 0.1) is 5.41 Å². The first-order valence-corrected chi connectivity index (χ1v) is 7.67. The SMILES string of the molecule is CC(C)(CSc1ccc(N)nc1)C(=O)Nc1ccccc1. The Labute approximate surface area is 129 Å². The third-order valence-corrected chi connectivity index (χ3v) is 4.45. The summed E-state index contributed by atoms with van der Waals surface area (Å²) < 4.78 is 0. The van der Waals surface area contributed by atoms with E-state index in [4.69, 9.17) is 5.73 Å². The second-order valence-electron chi connectivity index (χ2n) is 5.41. The number of pyridine rings is 1. The van der Waals surface area contributed by atoms with Crippen LogP contribution in [0.3, 0.4) is 0 Å². The number of carbonyl (C=O) groups excluding carboxylic acids is 1. The van der Waals surface area contributed by atoms with Gasteiger partial charge >= 0.3 is 0 Å². The molecule has 0 aliphatic rings. The third-order valence-electron chi connectivity index (χ3n) is 3.01. The maximum atomic E-state index is 12.3. The largest absolute Gasteiger partial charge is 0.384 e. The van der Waals surface area contributed by atoms with Gasteiger partial charge in [0.15, 0.2) is 0 Å². The van der Waals surface area contributed by atoms with Crippen LogP contribution >= 0.6 is 11.8 Å². The maximum absolute atomic E-state index is 12.3. The minimum absolute atomic E-state index is 0.00426. The van der Waals surface area contributed by atoms with Crippen LogP contribution in [0.1, 0.15) is 13.8 Å². The van der Waals surface area contributed by atoms with Crippen LogP contribution in [0.5, 0.6) is 0 Å². The molecule has 4 nitrogen and oxygen atoms in total. The highest BCUT2D eigenvalue weighted by Gasteiger charge is 2.27. The van der Waals surface area contributed by atoms with Crippen molar-refractivity contribution in [3.05, 3.63) is 48.7 Å². The molecule has 0 saturated carbocycles. The number of carbonyl (C=O) groups is 1. The fourth-order valence-corrected chi connectivity index (χ4v) is 2.58. The molecular weight excluding hydrogens is 282 g/mol. The van der Waals surface area contributed by atoms with Gasteiger partial charge in [-0.15, -0.1) is 11.8 Å². The zero-order valence-electron chi connectivity index (χ0n) is 12.2. The number of nitrogens with two attached hydrogens (primary N) is 1. The first-order chi connectivity index (χ1) is 9.97. The summed E-state index contributed by atoms with van der Waals surface area (Å²) in [5, 5.41) is 2.94. The van der Waals surface area contributed by atoms with Crippen molar-refractivity contribution in [2.45, 2.75) is 18.7 Å². The lowest BCUT2D eigenvalue weighted by atomic mass is 9.95. The molecular formula is C16H19N3OS. The Kier molecular flexibility index (Phi) is 4.85. The van der Waals surface area contributed by atoms with Crippen molar-refractivity contribution in [1.82, 2.24) is 4.98 Å². The third kappa shape index (κ3) is 4.49. The highest BCUT2D eigenvalue weighted by molar-refractivity contribution is 7.99. The fraction of sp³-hybridized carbons (Fsp3) is 0.250. The van der Waals surface area contributed by atoms with Gasteiger partial charge in [-0.05, 0) is 24.3 Å². The van der Waals surface area contributed by atoms with Crippen molar-refractivity contribution in [2.75, 3.05) is 16.8 Å². The standard InChI is InChI=1S/C16H19N3OS/c1-16(2,11-21-13-8-9-14(17)18-10-13)15(20)19-12-6-4-3-5-7-12/h3-10H,11H2,1-2H3,(H2,17,18)(H,19,20). The van der Waals surface area contributed by atoms with Crippen LogP contribution in [0.4, 0.5) is 11.5 Å². The van der Waals surface area contributed by atoms with Gasteiger partial charge in [0.1, 0.15) is 5.82 Å². The van der Waals surface area contributed by atoms with Gasteiger partial charge in [-0.25, -0.2) is 4.98 Å². The molecule has 0 fully saturated rings. The highest BCUT2D eigenvalue weighted by Crippen LogP contribution is 2.28. The first kappa shape index (κ1) is 15.4. The Hall–Kier alpha value is -2.01. The Morgan fingerprint density at radius 2 is 1.95 bits per heavy atom. The summed E-state index contributed by atoms with van der Waals surface area (Å²) in [4.78, 5) is 17.4. The molecule has 2 aromatic rings. The molecule has 1 aromatic carbocycles. The van der Waals surface area contributed by atoms with E-state index in [-0.39, 0.29) is 5.91 Å². The molecule has 0 atom stereocenters. The van der Waals surface area contributed by atoms with Gasteiger partial charge in [-0.2, -0.15) is 0 Å². The summed E-state index contributed by atoms with van der Waals surface area (Å²) in [5.74, 6) is 1.17. The molecule has 0 aliphatic heterocycles. The fourth-order valence-electron chi connectivity index (χ4n) is 1.63. The van der Waals surface area contributed by atoms with Crippen molar-refractivity contribution in [1.29, 1.82) is 0 Å². The molecule has 0 radical (unpaired) electrons. The number of thioether (sulfide) groups is 1. The normalized spacial score (nSPS) is 11.1. The molecule has 1 amide bonds. The van der Waals surface area contributed by atoms with Gasteiger partial charge < -0.3 is 11.1 Å². The number of nitrogen functional groups attached to an aromatic ring is 1. The Balaban J connectivity index is 1.94. The molecule has 3 N–H and O–H groups in total. The van der Waals surface area contributed by atoms with Gasteiger partial charge in [0, 0.05) is 22.5 Å². The topological polar surface area (TPSA) is 68.0 Å². The van der Waals surface area contributed by atoms with Crippen molar-refractivity contribution in [3.8, 4) is 0 Å². The number of aromatic nitrogens is 1.